The van der Waals surface area contributed by atoms with E-state index in [1.807, 2.05) is 0 Å². The van der Waals surface area contributed by atoms with Gasteiger partial charge in [-0.3, -0.25) is 0 Å². The van der Waals surface area contributed by atoms with E-state index < -0.39 is 23.9 Å². The quantitative estimate of drug-likeness (QED) is 0.255. The van der Waals surface area contributed by atoms with E-state index in [-0.39, 0.29) is 28.7 Å². The van der Waals surface area contributed by atoms with Crippen LogP contribution in [0.5, 0.6) is 0 Å². The van der Waals surface area contributed by atoms with Gasteiger partial charge in [-0.05, 0) is 22.3 Å². The highest BCUT2D eigenvalue weighted by molar-refractivity contribution is 6.25. The number of methoxy groups -OCH3 is 4. The number of carbonyl (C=O) groups excluding carboxylic acids is 4. The number of esters is 4. The van der Waals surface area contributed by atoms with Crippen molar-refractivity contribution in [3.63, 3.8) is 0 Å². The highest BCUT2D eigenvalue weighted by Gasteiger charge is 2.36. The highest BCUT2D eigenvalue weighted by atomic mass is 16.5. The summed E-state index contributed by atoms with van der Waals surface area (Å²) in [6, 6.07) is 6.72. The number of carbonyl (C=O) groups is 4. The third-order valence-corrected chi connectivity index (χ3v) is 4.09. The third kappa shape index (κ3) is 3.59. The lowest BCUT2D eigenvalue weighted by molar-refractivity contribution is -0.145. The summed E-state index contributed by atoms with van der Waals surface area (Å²) in [5.41, 5.74) is 0.953. The van der Waals surface area contributed by atoms with Gasteiger partial charge in [0.2, 0.25) is 0 Å². The summed E-state index contributed by atoms with van der Waals surface area (Å²) in [6.07, 6.45) is -0.0571. The Labute approximate surface area is 155 Å². The molecule has 0 bridgehead atoms. The van der Waals surface area contributed by atoms with Crippen LogP contribution in [0.4, 0.5) is 0 Å². The Hall–Kier alpha value is -3.42. The first-order chi connectivity index (χ1) is 12.9. The van der Waals surface area contributed by atoms with Crippen LogP contribution < -0.4 is 0 Å². The molecule has 1 aliphatic rings. The number of rotatable bonds is 4. The zero-order valence-corrected chi connectivity index (χ0v) is 15.3. The molecule has 0 atom stereocenters. The molecule has 0 spiro atoms. The van der Waals surface area contributed by atoms with Crippen LogP contribution in [0.25, 0.3) is 11.1 Å². The first-order valence-corrected chi connectivity index (χ1v) is 7.80. The molecule has 0 unspecified atom stereocenters. The van der Waals surface area contributed by atoms with Gasteiger partial charge in [-0.25, -0.2) is 19.2 Å². The maximum absolute atomic E-state index is 12.2. The zero-order valence-electron chi connectivity index (χ0n) is 15.3. The largest absolute Gasteiger partial charge is 0.465 e. The summed E-state index contributed by atoms with van der Waals surface area (Å²) in [5.74, 6) is -3.53. The van der Waals surface area contributed by atoms with Gasteiger partial charge in [0.1, 0.15) is 11.1 Å². The summed E-state index contributed by atoms with van der Waals surface area (Å²) < 4.78 is 18.8. The Morgan fingerprint density at radius 3 is 1.19 bits per heavy atom. The molecule has 2 rings (SSSR count). The van der Waals surface area contributed by atoms with Gasteiger partial charge in [0.25, 0.3) is 0 Å². The fraction of sp³-hybridized carbons (Fsp3) is 0.263. The maximum Gasteiger partial charge on any atom is 0.345 e. The van der Waals surface area contributed by atoms with Crippen molar-refractivity contribution in [3.8, 4) is 0 Å². The Kier molecular flexibility index (Phi) is 6.12. The molecule has 0 fully saturated rings. The van der Waals surface area contributed by atoms with E-state index >= 15 is 0 Å². The van der Waals surface area contributed by atoms with Gasteiger partial charge >= 0.3 is 23.9 Å². The lowest BCUT2D eigenvalue weighted by atomic mass is 10.0. The van der Waals surface area contributed by atoms with E-state index in [0.29, 0.717) is 11.1 Å². The van der Waals surface area contributed by atoms with Crippen molar-refractivity contribution in [3.05, 3.63) is 46.5 Å². The van der Waals surface area contributed by atoms with E-state index in [1.54, 1.807) is 24.3 Å². The second-order valence-electron chi connectivity index (χ2n) is 5.40. The smallest absolute Gasteiger partial charge is 0.345 e. The molecular weight excluding hydrogens is 356 g/mol. The van der Waals surface area contributed by atoms with Gasteiger partial charge in [0.05, 0.1) is 28.4 Å². The average Bonchev–Trinajstić information content (AvgIpc) is 3.06. The van der Waals surface area contributed by atoms with Crippen LogP contribution in [0, 0.1) is 0 Å². The highest BCUT2D eigenvalue weighted by Crippen LogP contribution is 2.44. The predicted molar refractivity (Wildman–Crippen MR) is 93.0 cm³/mol. The van der Waals surface area contributed by atoms with Crippen molar-refractivity contribution in [2.45, 2.75) is 6.42 Å². The standard InChI is InChI=1S/C19H18O8/c1-24-16(20)14(17(21)25-2)12-9-13(11-8-6-5-7-10(11)12)15(18(22)26-3)19(23)27-4/h5-8H,9H2,1-4H3. The molecule has 0 aromatic heterocycles. The Morgan fingerprint density at radius 1 is 0.630 bits per heavy atom. The normalized spacial score (nSPS) is 12.0. The van der Waals surface area contributed by atoms with Crippen molar-refractivity contribution in [2.75, 3.05) is 28.4 Å². The van der Waals surface area contributed by atoms with Crippen molar-refractivity contribution >= 4 is 35.0 Å². The second-order valence-corrected chi connectivity index (χ2v) is 5.40. The molecule has 0 N–H and O–H groups in total. The van der Waals surface area contributed by atoms with E-state index in [0.717, 1.165) is 28.4 Å². The van der Waals surface area contributed by atoms with E-state index in [2.05, 4.69) is 0 Å². The van der Waals surface area contributed by atoms with Gasteiger partial charge < -0.3 is 18.9 Å². The molecule has 142 valence electrons. The van der Waals surface area contributed by atoms with Crippen molar-refractivity contribution in [2.24, 2.45) is 0 Å². The summed E-state index contributed by atoms with van der Waals surface area (Å²) in [4.78, 5) is 48.7. The van der Waals surface area contributed by atoms with E-state index in [4.69, 9.17) is 18.9 Å². The fourth-order valence-corrected chi connectivity index (χ4v) is 2.89. The second kappa shape index (κ2) is 8.31. The first kappa shape index (κ1) is 19.9. The van der Waals surface area contributed by atoms with E-state index in [9.17, 15) is 19.2 Å². The van der Waals surface area contributed by atoms with Gasteiger partial charge in [-0.1, -0.05) is 24.3 Å². The molecule has 0 amide bonds. The molecule has 0 radical (unpaired) electrons. The van der Waals surface area contributed by atoms with Gasteiger partial charge in [-0.2, -0.15) is 0 Å². The van der Waals surface area contributed by atoms with E-state index in [1.165, 1.54) is 0 Å². The number of benzene rings is 1. The Bertz CT molecular complexity index is 768. The number of allylic oxidation sites excluding steroid dienone is 2. The monoisotopic (exact) mass is 374 g/mol. The van der Waals surface area contributed by atoms with Crippen LogP contribution in [-0.4, -0.2) is 52.3 Å². The summed E-state index contributed by atoms with van der Waals surface area (Å²) in [6.45, 7) is 0. The maximum atomic E-state index is 12.2. The molecule has 1 aromatic carbocycles. The predicted octanol–water partition coefficient (Wildman–Crippen LogP) is 1.29. The lowest BCUT2D eigenvalue weighted by Crippen LogP contribution is -2.18. The minimum atomic E-state index is -0.884. The molecule has 1 aromatic rings. The minimum absolute atomic E-state index is 0.0571. The van der Waals surface area contributed by atoms with Crippen molar-refractivity contribution in [1.82, 2.24) is 0 Å². The van der Waals surface area contributed by atoms with Crippen LogP contribution in [0.3, 0.4) is 0 Å². The van der Waals surface area contributed by atoms with Crippen molar-refractivity contribution < 1.29 is 38.1 Å². The average molecular weight is 374 g/mol. The van der Waals surface area contributed by atoms with Gasteiger partial charge in [0.15, 0.2) is 0 Å². The number of ether oxygens (including phenoxy) is 4. The number of fused-ring (bicyclic) bond motifs is 1. The molecule has 8 nitrogen and oxygen atoms in total. The number of hydrogen-bond acceptors (Lipinski definition) is 8. The minimum Gasteiger partial charge on any atom is -0.465 e. The molecule has 0 aliphatic heterocycles. The van der Waals surface area contributed by atoms with Crippen molar-refractivity contribution in [1.29, 1.82) is 0 Å². The third-order valence-electron chi connectivity index (χ3n) is 4.09. The first-order valence-electron chi connectivity index (χ1n) is 7.80. The topological polar surface area (TPSA) is 105 Å². The molecular formula is C19H18O8. The molecule has 27 heavy (non-hydrogen) atoms. The molecule has 1 aliphatic carbocycles. The lowest BCUT2D eigenvalue weighted by Gasteiger charge is -2.09. The number of hydrogen-bond donors (Lipinski definition) is 0. The summed E-state index contributed by atoms with van der Waals surface area (Å²) in [7, 11) is 4.55. The van der Waals surface area contributed by atoms with Gasteiger partial charge in [-0.15, -0.1) is 0 Å². The van der Waals surface area contributed by atoms with Crippen LogP contribution in [0.1, 0.15) is 17.5 Å². The Balaban J connectivity index is 2.85. The van der Waals surface area contributed by atoms with Gasteiger partial charge in [0, 0.05) is 6.42 Å². The molecule has 0 saturated carbocycles. The molecule has 0 heterocycles. The zero-order chi connectivity index (χ0) is 20.1. The molecule has 0 saturated heterocycles. The summed E-state index contributed by atoms with van der Waals surface area (Å²) in [5, 5.41) is 0. The van der Waals surface area contributed by atoms with Crippen LogP contribution in [-0.2, 0) is 38.1 Å². The fourth-order valence-electron chi connectivity index (χ4n) is 2.89. The summed E-state index contributed by atoms with van der Waals surface area (Å²) >= 11 is 0. The van der Waals surface area contributed by atoms with Crippen LogP contribution in [0.2, 0.25) is 0 Å². The van der Waals surface area contributed by atoms with Crippen LogP contribution in [0.15, 0.2) is 35.4 Å². The van der Waals surface area contributed by atoms with Crippen LogP contribution >= 0.6 is 0 Å². The molecule has 8 heteroatoms. The SMILES string of the molecule is COC(=O)C(C(=O)OC)=C1CC(=C(C(=O)OC)C(=O)OC)c2ccccc21. The Morgan fingerprint density at radius 2 is 0.926 bits per heavy atom.